The van der Waals surface area contributed by atoms with E-state index >= 15 is 0 Å². The number of rotatable bonds is 27. The van der Waals surface area contributed by atoms with Gasteiger partial charge in [-0.25, -0.2) is 4.79 Å². The third-order valence-corrected chi connectivity index (χ3v) is 10.4. The lowest BCUT2D eigenvalue weighted by Gasteiger charge is -2.32. The quantitative estimate of drug-likeness (QED) is 0.0259. The Morgan fingerprint density at radius 3 is 1.98 bits per heavy atom. The average molecular weight is 787 g/mol. The fourth-order valence-electron chi connectivity index (χ4n) is 6.51. The van der Waals surface area contributed by atoms with E-state index in [0.29, 0.717) is 49.5 Å². The first-order valence-corrected chi connectivity index (χ1v) is 20.7. The van der Waals surface area contributed by atoms with Crippen LogP contribution in [-0.2, 0) is 44.7 Å². The molecule has 0 heterocycles. The average Bonchev–Trinajstić information content (AvgIpc) is 3.19. The molecule has 8 nitrogen and oxygen atoms in total. The summed E-state index contributed by atoms with van der Waals surface area (Å²) in [6, 6.07) is 21.4. The molecule has 2 N–H and O–H groups in total. The van der Waals surface area contributed by atoms with Crippen LogP contribution in [0.1, 0.15) is 102 Å². The van der Waals surface area contributed by atoms with E-state index in [1.54, 1.807) is 14.0 Å². The molecule has 314 valence electrons. The van der Waals surface area contributed by atoms with Crippen LogP contribution in [0.3, 0.4) is 0 Å². The summed E-state index contributed by atoms with van der Waals surface area (Å²) in [6.07, 6.45) is 8.65. The van der Waals surface area contributed by atoms with E-state index in [0.717, 1.165) is 53.5 Å². The lowest BCUT2D eigenvalue weighted by atomic mass is 9.76. The number of aliphatic hydroxyl groups excluding tert-OH is 2. The minimum Gasteiger partial charge on any atom is -0.493 e. The third kappa shape index (κ3) is 16.4. The standard InChI is InChI=1S/C49H70O8/c1-10-11-12-13-38-14-16-39(17-15-38)18-19-40-20-22-43(45(32-40)55-30-31-56-46(52)36(2)3)41-21-23-44(42(33-41)24-28-57-47(53-9)37(4)5)54-29-27-49(34-50,35-51)26-25-48(6,7)8/h14-17,20-23,32-33,47,50-51H,2,4,10-13,18-19,24-31,34-35H2,1,3,5-9H3. The smallest absolute Gasteiger partial charge is 0.333 e. The van der Waals surface area contributed by atoms with Crippen LogP contribution in [0, 0.1) is 10.8 Å². The molecule has 3 rings (SSSR count). The first-order valence-electron chi connectivity index (χ1n) is 20.7. The van der Waals surface area contributed by atoms with Crippen molar-refractivity contribution in [1.29, 1.82) is 0 Å². The maximum absolute atomic E-state index is 12.1. The molecule has 0 bridgehead atoms. The number of unbranched alkanes of at least 4 members (excludes halogenated alkanes) is 2. The molecule has 0 amide bonds. The van der Waals surface area contributed by atoms with Crippen molar-refractivity contribution in [3.8, 4) is 22.6 Å². The largest absolute Gasteiger partial charge is 0.493 e. The number of carbonyl (C=O) groups is 1. The predicted molar refractivity (Wildman–Crippen MR) is 231 cm³/mol. The Bertz CT molecular complexity index is 1680. The number of esters is 1. The third-order valence-electron chi connectivity index (χ3n) is 10.4. The molecule has 0 radical (unpaired) electrons. The molecule has 0 aliphatic carbocycles. The first kappa shape index (κ1) is 47.4. The molecule has 8 heteroatoms. The Labute approximate surface area is 343 Å². The molecule has 0 aliphatic rings. The van der Waals surface area contributed by atoms with Gasteiger partial charge in [0, 0.05) is 23.7 Å². The highest BCUT2D eigenvalue weighted by Gasteiger charge is 2.30. The molecule has 0 fully saturated rings. The van der Waals surface area contributed by atoms with E-state index in [1.807, 2.05) is 19.1 Å². The summed E-state index contributed by atoms with van der Waals surface area (Å²) in [5.41, 5.74) is 7.15. The number of hydrogen-bond acceptors (Lipinski definition) is 8. The van der Waals surface area contributed by atoms with E-state index in [9.17, 15) is 15.0 Å². The monoisotopic (exact) mass is 787 g/mol. The Balaban J connectivity index is 1.90. The number of hydrogen-bond donors (Lipinski definition) is 2. The molecule has 57 heavy (non-hydrogen) atoms. The van der Waals surface area contributed by atoms with Crippen LogP contribution in [0.2, 0.25) is 0 Å². The van der Waals surface area contributed by atoms with Crippen molar-refractivity contribution in [3.63, 3.8) is 0 Å². The molecule has 3 aromatic carbocycles. The molecular formula is C49H70O8. The van der Waals surface area contributed by atoms with E-state index in [1.165, 1.54) is 30.4 Å². The number of benzene rings is 3. The molecule has 0 saturated carbocycles. The predicted octanol–water partition coefficient (Wildman–Crippen LogP) is 10.0. The second kappa shape index (κ2) is 24.1. The Morgan fingerprint density at radius 1 is 0.719 bits per heavy atom. The number of aryl methyl sites for hydroxylation is 3. The second-order valence-corrected chi connectivity index (χ2v) is 16.7. The van der Waals surface area contributed by atoms with Crippen LogP contribution in [0.15, 0.2) is 85.0 Å². The first-order chi connectivity index (χ1) is 27.2. The Morgan fingerprint density at radius 2 is 1.37 bits per heavy atom. The summed E-state index contributed by atoms with van der Waals surface area (Å²) in [5, 5.41) is 20.7. The van der Waals surface area contributed by atoms with E-state index in [4.69, 9.17) is 23.7 Å². The maximum Gasteiger partial charge on any atom is 0.333 e. The van der Waals surface area contributed by atoms with Gasteiger partial charge in [-0.15, -0.1) is 0 Å². The summed E-state index contributed by atoms with van der Waals surface area (Å²) in [4.78, 5) is 12.1. The normalized spacial score (nSPS) is 12.3. The number of aliphatic hydroxyl groups is 2. The zero-order valence-corrected chi connectivity index (χ0v) is 35.9. The van der Waals surface area contributed by atoms with E-state index in [2.05, 4.69) is 89.4 Å². The van der Waals surface area contributed by atoms with Crippen molar-refractivity contribution in [2.75, 3.05) is 46.8 Å². The van der Waals surface area contributed by atoms with Crippen LogP contribution in [0.4, 0.5) is 0 Å². The molecule has 3 aromatic rings. The summed E-state index contributed by atoms with van der Waals surface area (Å²) in [7, 11) is 1.60. The van der Waals surface area contributed by atoms with Gasteiger partial charge in [-0.2, -0.15) is 0 Å². The van der Waals surface area contributed by atoms with Gasteiger partial charge in [-0.05, 0) is 122 Å². The van der Waals surface area contributed by atoms with Crippen molar-refractivity contribution >= 4 is 5.97 Å². The molecule has 1 unspecified atom stereocenters. The lowest BCUT2D eigenvalue weighted by Crippen LogP contribution is -2.33. The van der Waals surface area contributed by atoms with Crippen molar-refractivity contribution in [2.24, 2.45) is 10.8 Å². The maximum atomic E-state index is 12.1. The van der Waals surface area contributed by atoms with Crippen molar-refractivity contribution in [1.82, 2.24) is 0 Å². The van der Waals surface area contributed by atoms with Gasteiger partial charge < -0.3 is 33.9 Å². The molecule has 0 aromatic heterocycles. The van der Waals surface area contributed by atoms with Crippen LogP contribution in [-0.4, -0.2) is 69.2 Å². The topological polar surface area (TPSA) is 104 Å². The number of methoxy groups -OCH3 is 1. The van der Waals surface area contributed by atoms with Crippen molar-refractivity contribution in [2.45, 2.75) is 112 Å². The van der Waals surface area contributed by atoms with Gasteiger partial charge in [0.15, 0.2) is 6.29 Å². The molecule has 0 saturated heterocycles. The highest BCUT2D eigenvalue weighted by molar-refractivity contribution is 5.86. The zero-order chi connectivity index (χ0) is 41.8. The Kier molecular flexibility index (Phi) is 20.0. The van der Waals surface area contributed by atoms with Crippen LogP contribution in [0.25, 0.3) is 11.1 Å². The number of ether oxygens (including phenoxy) is 5. The van der Waals surface area contributed by atoms with Crippen molar-refractivity contribution in [3.05, 3.63) is 107 Å². The molecule has 0 aliphatic heterocycles. The van der Waals surface area contributed by atoms with Crippen LogP contribution >= 0.6 is 0 Å². The second-order valence-electron chi connectivity index (χ2n) is 16.7. The zero-order valence-electron chi connectivity index (χ0n) is 35.9. The number of carbonyl (C=O) groups excluding carboxylic acids is 1. The van der Waals surface area contributed by atoms with E-state index in [-0.39, 0.29) is 31.8 Å². The van der Waals surface area contributed by atoms with Gasteiger partial charge in [0.2, 0.25) is 0 Å². The summed E-state index contributed by atoms with van der Waals surface area (Å²) < 4.78 is 29.6. The van der Waals surface area contributed by atoms with Gasteiger partial charge in [0.05, 0.1) is 26.4 Å². The minimum absolute atomic E-state index is 0.0822. The van der Waals surface area contributed by atoms with E-state index < -0.39 is 17.7 Å². The van der Waals surface area contributed by atoms with Gasteiger partial charge in [-0.1, -0.05) is 96.2 Å². The highest BCUT2D eigenvalue weighted by Crippen LogP contribution is 2.37. The summed E-state index contributed by atoms with van der Waals surface area (Å²) in [6.45, 7) is 20.6. The summed E-state index contributed by atoms with van der Waals surface area (Å²) >= 11 is 0. The van der Waals surface area contributed by atoms with Crippen molar-refractivity contribution < 1.29 is 38.7 Å². The van der Waals surface area contributed by atoms with Gasteiger partial charge in [0.25, 0.3) is 0 Å². The van der Waals surface area contributed by atoms with Gasteiger partial charge in [-0.3, -0.25) is 0 Å². The SMILES string of the molecule is C=C(C)C(=O)OCCOc1cc(CCc2ccc(CCCCC)cc2)ccc1-c1ccc(OCCC(CO)(CO)CCC(C)(C)C)c(CCOC(OC)C(=C)C)c1. The van der Waals surface area contributed by atoms with Gasteiger partial charge in [0.1, 0.15) is 24.7 Å². The fourth-order valence-corrected chi connectivity index (χ4v) is 6.51. The fraction of sp³-hybridized carbons (Fsp3) is 0.531. The molecule has 0 spiro atoms. The molecular weight excluding hydrogens is 717 g/mol. The molecule has 1 atom stereocenters. The summed E-state index contributed by atoms with van der Waals surface area (Å²) in [5.74, 6) is 0.949. The van der Waals surface area contributed by atoms with Gasteiger partial charge >= 0.3 is 5.97 Å². The van der Waals surface area contributed by atoms with Crippen LogP contribution in [0.5, 0.6) is 11.5 Å². The Hall–Kier alpha value is -3.95. The lowest BCUT2D eigenvalue weighted by molar-refractivity contribution is -0.139. The highest BCUT2D eigenvalue weighted by atomic mass is 16.7. The van der Waals surface area contributed by atoms with Crippen LogP contribution < -0.4 is 9.47 Å². The minimum atomic E-state index is -0.631.